The Labute approximate surface area is 100 Å². The molecule has 0 aliphatic carbocycles. The van der Waals surface area contributed by atoms with E-state index in [-0.39, 0.29) is 0 Å². The van der Waals surface area contributed by atoms with Crippen molar-refractivity contribution in [1.29, 1.82) is 0 Å². The van der Waals surface area contributed by atoms with Crippen LogP contribution in [0.25, 0.3) is 0 Å². The fourth-order valence-electron chi connectivity index (χ4n) is 1.72. The molecule has 0 N–H and O–H groups in total. The van der Waals surface area contributed by atoms with Gasteiger partial charge < -0.3 is 0 Å². The van der Waals surface area contributed by atoms with Crippen LogP contribution in [0.1, 0.15) is 35.2 Å². The Morgan fingerprint density at radius 2 is 2.25 bits per heavy atom. The van der Waals surface area contributed by atoms with Crippen LogP contribution in [0.4, 0.5) is 0 Å². The second-order valence-electron chi connectivity index (χ2n) is 4.12. The van der Waals surface area contributed by atoms with Crippen LogP contribution < -0.4 is 0 Å². The predicted octanol–water partition coefficient (Wildman–Crippen LogP) is 3.01. The molecule has 0 aliphatic rings. The van der Waals surface area contributed by atoms with Gasteiger partial charge in [0.1, 0.15) is 0 Å². The van der Waals surface area contributed by atoms with Gasteiger partial charge in [0.15, 0.2) is 0 Å². The molecule has 4 heteroatoms. The molecular weight excluding hydrogens is 218 g/mol. The monoisotopic (exact) mass is 235 g/mol. The Bertz CT molecular complexity index is 458. The van der Waals surface area contributed by atoms with Crippen LogP contribution in [0.3, 0.4) is 0 Å². The predicted molar refractivity (Wildman–Crippen MR) is 66.9 cm³/mol. The van der Waals surface area contributed by atoms with Gasteiger partial charge in [-0.3, -0.25) is 4.68 Å². The van der Waals surface area contributed by atoms with Gasteiger partial charge in [0.25, 0.3) is 0 Å². The summed E-state index contributed by atoms with van der Waals surface area (Å²) in [7, 11) is 0. The number of hydrogen-bond donors (Lipinski definition) is 0. The smallest absolute Gasteiger partial charge is 0.0833 e. The molecule has 0 saturated heterocycles. The molecule has 1 unspecified atom stereocenters. The first-order chi connectivity index (χ1) is 7.69. The van der Waals surface area contributed by atoms with Gasteiger partial charge >= 0.3 is 0 Å². The third-order valence-electron chi connectivity index (χ3n) is 2.67. The van der Waals surface area contributed by atoms with E-state index in [0.717, 1.165) is 18.7 Å². The quantitative estimate of drug-likeness (QED) is 0.815. The molecule has 1 atom stereocenters. The fourth-order valence-corrected chi connectivity index (χ4v) is 2.65. The zero-order valence-electron chi connectivity index (χ0n) is 9.97. The van der Waals surface area contributed by atoms with Crippen molar-refractivity contribution >= 4 is 11.3 Å². The minimum absolute atomic E-state index is 0.528. The van der Waals surface area contributed by atoms with E-state index < -0.39 is 0 Å². The topological polar surface area (TPSA) is 30.7 Å². The number of aromatic nitrogens is 3. The van der Waals surface area contributed by atoms with Crippen LogP contribution in [0, 0.1) is 6.92 Å². The van der Waals surface area contributed by atoms with Crippen LogP contribution in [0.2, 0.25) is 0 Å². The third kappa shape index (κ3) is 2.50. The second kappa shape index (κ2) is 4.78. The minimum atomic E-state index is 0.528. The van der Waals surface area contributed by atoms with Gasteiger partial charge in [0, 0.05) is 28.9 Å². The first-order valence-electron chi connectivity index (χ1n) is 5.64. The Hall–Kier alpha value is -1.16. The maximum Gasteiger partial charge on any atom is 0.0833 e. The van der Waals surface area contributed by atoms with Crippen molar-refractivity contribution < 1.29 is 0 Å². The summed E-state index contributed by atoms with van der Waals surface area (Å²) < 4.78 is 1.88. The second-order valence-corrected chi connectivity index (χ2v) is 5.44. The summed E-state index contributed by atoms with van der Waals surface area (Å²) in [5.41, 5.74) is 1.08. The summed E-state index contributed by atoms with van der Waals surface area (Å²) in [6.07, 6.45) is 3.01. The van der Waals surface area contributed by atoms with Crippen molar-refractivity contribution in [2.45, 2.75) is 39.7 Å². The molecule has 2 aromatic rings. The van der Waals surface area contributed by atoms with E-state index in [1.165, 1.54) is 9.75 Å². The summed E-state index contributed by atoms with van der Waals surface area (Å²) in [5, 5.41) is 8.23. The molecule has 3 nitrogen and oxygen atoms in total. The lowest BCUT2D eigenvalue weighted by Crippen LogP contribution is -1.96. The van der Waals surface area contributed by atoms with E-state index in [4.69, 9.17) is 0 Å². The number of aryl methyl sites for hydroxylation is 2. The van der Waals surface area contributed by atoms with Crippen molar-refractivity contribution in [1.82, 2.24) is 15.0 Å². The molecular formula is C12H17N3S. The standard InChI is InChI=1S/C12H17N3S/c1-4-15-8-11(13-14-15)7-9(2)12-6-5-10(3)16-12/h5-6,8-9H,4,7H2,1-3H3. The molecule has 0 saturated carbocycles. The zero-order chi connectivity index (χ0) is 11.5. The summed E-state index contributed by atoms with van der Waals surface area (Å²) in [6.45, 7) is 7.36. The normalized spacial score (nSPS) is 12.9. The van der Waals surface area contributed by atoms with Gasteiger partial charge in [0.2, 0.25) is 0 Å². The number of thiophene rings is 1. The molecule has 2 aromatic heterocycles. The highest BCUT2D eigenvalue weighted by atomic mass is 32.1. The highest BCUT2D eigenvalue weighted by Gasteiger charge is 2.10. The Balaban J connectivity index is 2.04. The molecule has 0 fully saturated rings. The highest BCUT2D eigenvalue weighted by molar-refractivity contribution is 7.12. The van der Waals surface area contributed by atoms with Gasteiger partial charge in [-0.15, -0.1) is 16.4 Å². The first kappa shape index (κ1) is 11.3. The lowest BCUT2D eigenvalue weighted by atomic mass is 10.0. The average Bonchev–Trinajstić information content (AvgIpc) is 2.87. The van der Waals surface area contributed by atoms with Crippen LogP contribution in [-0.4, -0.2) is 15.0 Å². The van der Waals surface area contributed by atoms with E-state index in [9.17, 15) is 0 Å². The summed E-state index contributed by atoms with van der Waals surface area (Å²) in [4.78, 5) is 2.81. The highest BCUT2D eigenvalue weighted by Crippen LogP contribution is 2.26. The molecule has 0 amide bonds. The molecule has 0 bridgehead atoms. The van der Waals surface area contributed by atoms with Gasteiger partial charge in [-0.05, 0) is 31.9 Å². The summed E-state index contributed by atoms with van der Waals surface area (Å²) in [6, 6.07) is 4.40. The molecule has 2 heterocycles. The van der Waals surface area contributed by atoms with E-state index in [2.05, 4.69) is 43.2 Å². The molecule has 2 rings (SSSR count). The van der Waals surface area contributed by atoms with Crippen molar-refractivity contribution in [3.63, 3.8) is 0 Å². The lowest BCUT2D eigenvalue weighted by molar-refractivity contribution is 0.626. The van der Waals surface area contributed by atoms with Crippen molar-refractivity contribution in [2.24, 2.45) is 0 Å². The largest absolute Gasteiger partial charge is 0.253 e. The molecule has 0 aromatic carbocycles. The van der Waals surface area contributed by atoms with Gasteiger partial charge in [-0.1, -0.05) is 12.1 Å². The molecule has 0 radical (unpaired) electrons. The minimum Gasteiger partial charge on any atom is -0.253 e. The number of nitrogens with zero attached hydrogens (tertiary/aromatic N) is 3. The van der Waals surface area contributed by atoms with Crippen LogP contribution in [0.5, 0.6) is 0 Å². The first-order valence-corrected chi connectivity index (χ1v) is 6.46. The zero-order valence-corrected chi connectivity index (χ0v) is 10.8. The van der Waals surface area contributed by atoms with Crippen molar-refractivity contribution in [2.75, 3.05) is 0 Å². The lowest BCUT2D eigenvalue weighted by Gasteiger charge is -2.05. The van der Waals surface area contributed by atoms with Crippen LogP contribution >= 0.6 is 11.3 Å². The van der Waals surface area contributed by atoms with Gasteiger partial charge in [-0.2, -0.15) is 0 Å². The van der Waals surface area contributed by atoms with Crippen molar-refractivity contribution in [3.05, 3.63) is 33.8 Å². The Kier molecular flexibility index (Phi) is 3.39. The van der Waals surface area contributed by atoms with E-state index in [1.54, 1.807) is 0 Å². The van der Waals surface area contributed by atoms with Gasteiger partial charge in [-0.25, -0.2) is 0 Å². The maximum atomic E-state index is 4.18. The molecule has 86 valence electrons. The van der Waals surface area contributed by atoms with Gasteiger partial charge in [0.05, 0.1) is 5.69 Å². The SMILES string of the molecule is CCn1cc(CC(C)c2ccc(C)s2)nn1. The molecule has 0 aliphatic heterocycles. The third-order valence-corrected chi connectivity index (χ3v) is 3.90. The Morgan fingerprint density at radius 1 is 1.44 bits per heavy atom. The molecule has 16 heavy (non-hydrogen) atoms. The Morgan fingerprint density at radius 3 is 2.81 bits per heavy atom. The van der Waals surface area contributed by atoms with Crippen LogP contribution in [0.15, 0.2) is 18.3 Å². The van der Waals surface area contributed by atoms with E-state index in [1.807, 2.05) is 22.2 Å². The average molecular weight is 235 g/mol. The van der Waals surface area contributed by atoms with Crippen molar-refractivity contribution in [3.8, 4) is 0 Å². The molecule has 0 spiro atoms. The maximum absolute atomic E-state index is 4.18. The van der Waals surface area contributed by atoms with Crippen LogP contribution in [-0.2, 0) is 13.0 Å². The van der Waals surface area contributed by atoms with E-state index >= 15 is 0 Å². The van der Waals surface area contributed by atoms with E-state index in [0.29, 0.717) is 5.92 Å². The summed E-state index contributed by atoms with van der Waals surface area (Å²) >= 11 is 1.87. The summed E-state index contributed by atoms with van der Waals surface area (Å²) in [5.74, 6) is 0.528. The number of rotatable bonds is 4. The fraction of sp³-hybridized carbons (Fsp3) is 0.500. The number of hydrogen-bond acceptors (Lipinski definition) is 3.